The fourth-order valence-corrected chi connectivity index (χ4v) is 1.36. The number of aryl methyl sites for hydroxylation is 1. The number of hydrogen-bond acceptors (Lipinski definition) is 2. The average molecular weight is 189 g/mol. The lowest BCUT2D eigenvalue weighted by Gasteiger charge is -2.02. The molecular weight excluding hydrogens is 178 g/mol. The minimum Gasteiger partial charge on any atom is -0.336 e. The fraction of sp³-hybridized carbons (Fsp3) is 0.182. The largest absolute Gasteiger partial charge is 0.357 e. The van der Waals surface area contributed by atoms with Crippen molar-refractivity contribution in [1.82, 2.24) is 4.74 Å². The van der Waals surface area contributed by atoms with Crippen LogP contribution in [0.3, 0.4) is 0 Å². The van der Waals surface area contributed by atoms with E-state index in [0.717, 1.165) is 11.3 Å². The topological polar surface area (TPSA) is 35.1 Å². The van der Waals surface area contributed by atoms with E-state index >= 15 is 0 Å². The van der Waals surface area contributed by atoms with Crippen LogP contribution in [0.2, 0.25) is 0 Å². The molecule has 0 fully saturated rings. The van der Waals surface area contributed by atoms with Gasteiger partial charge in [-0.3, -0.25) is 0 Å². The van der Waals surface area contributed by atoms with Crippen LogP contribution in [0.25, 0.3) is 0 Å². The molecule has 0 atom stereocenters. The molecule has 72 valence electrons. The minimum atomic E-state index is -0.293. The highest BCUT2D eigenvalue weighted by Crippen LogP contribution is 2.03. The van der Waals surface area contributed by atoms with Crippen LogP contribution >= 0.6 is 0 Å². The molecule has 1 heterocycles. The zero-order valence-corrected chi connectivity index (χ0v) is 7.93. The number of benzene rings is 1. The van der Waals surface area contributed by atoms with E-state index in [1.807, 2.05) is 37.3 Å². The summed E-state index contributed by atoms with van der Waals surface area (Å²) < 4.78 is 6.57. The molecule has 0 bridgehead atoms. The lowest BCUT2D eigenvalue weighted by Crippen LogP contribution is -2.00. The third-order valence-electron chi connectivity index (χ3n) is 2.09. The predicted molar refractivity (Wildman–Crippen MR) is 53.2 cm³/mol. The van der Waals surface area contributed by atoms with Crippen molar-refractivity contribution < 1.29 is 4.52 Å². The first-order valence-electron chi connectivity index (χ1n) is 4.47. The maximum atomic E-state index is 10.9. The van der Waals surface area contributed by atoms with Gasteiger partial charge in [0.05, 0.1) is 12.2 Å². The molecule has 0 saturated heterocycles. The van der Waals surface area contributed by atoms with Crippen molar-refractivity contribution in [2.45, 2.75) is 13.5 Å². The Bertz CT molecular complexity index is 468. The van der Waals surface area contributed by atoms with Crippen LogP contribution in [0.15, 0.2) is 45.7 Å². The van der Waals surface area contributed by atoms with Gasteiger partial charge in [-0.25, -0.2) is 9.53 Å². The smallest absolute Gasteiger partial charge is 0.336 e. The zero-order chi connectivity index (χ0) is 9.97. The molecule has 0 aliphatic rings. The van der Waals surface area contributed by atoms with E-state index in [2.05, 4.69) is 0 Å². The Hall–Kier alpha value is -1.77. The van der Waals surface area contributed by atoms with Crippen molar-refractivity contribution >= 4 is 0 Å². The Morgan fingerprint density at radius 1 is 1.29 bits per heavy atom. The molecule has 0 amide bonds. The molecule has 14 heavy (non-hydrogen) atoms. The monoisotopic (exact) mass is 189 g/mol. The average Bonchev–Trinajstić information content (AvgIpc) is 2.47. The number of rotatable bonds is 2. The van der Waals surface area contributed by atoms with E-state index in [1.54, 1.807) is 4.74 Å². The molecule has 0 N–H and O–H groups in total. The van der Waals surface area contributed by atoms with E-state index in [0.29, 0.717) is 6.54 Å². The van der Waals surface area contributed by atoms with Crippen LogP contribution in [0.4, 0.5) is 0 Å². The Morgan fingerprint density at radius 2 is 2.00 bits per heavy atom. The third-order valence-corrected chi connectivity index (χ3v) is 2.09. The summed E-state index contributed by atoms with van der Waals surface area (Å²) in [5.74, 6) is 0. The molecule has 2 rings (SSSR count). The number of hydrogen-bond donors (Lipinski definition) is 0. The number of nitrogens with zero attached hydrogens (tertiary/aromatic N) is 1. The first-order valence-corrected chi connectivity index (χ1v) is 4.47. The van der Waals surface area contributed by atoms with Gasteiger partial charge in [0, 0.05) is 6.07 Å². The molecule has 3 nitrogen and oxygen atoms in total. The summed E-state index contributed by atoms with van der Waals surface area (Å²) in [7, 11) is 0. The van der Waals surface area contributed by atoms with Crippen LogP contribution in [-0.4, -0.2) is 4.74 Å². The minimum absolute atomic E-state index is 0.293. The van der Waals surface area contributed by atoms with Crippen molar-refractivity contribution in [2.75, 3.05) is 0 Å². The van der Waals surface area contributed by atoms with Gasteiger partial charge in [-0.2, -0.15) is 0 Å². The molecular formula is C11H11NO2. The SMILES string of the molecule is Cc1cc(=O)on1Cc1ccccc1. The Kier molecular flexibility index (Phi) is 2.23. The van der Waals surface area contributed by atoms with Gasteiger partial charge in [-0.05, 0) is 12.5 Å². The summed E-state index contributed by atoms with van der Waals surface area (Å²) in [6.07, 6.45) is 0. The van der Waals surface area contributed by atoms with E-state index in [1.165, 1.54) is 6.07 Å². The van der Waals surface area contributed by atoms with Crippen molar-refractivity contribution in [3.63, 3.8) is 0 Å². The summed E-state index contributed by atoms with van der Waals surface area (Å²) in [5.41, 5.74) is 1.67. The lowest BCUT2D eigenvalue weighted by molar-refractivity contribution is 0.261. The second-order valence-electron chi connectivity index (χ2n) is 3.22. The maximum Gasteiger partial charge on any atom is 0.357 e. The van der Waals surface area contributed by atoms with Crippen LogP contribution in [0, 0.1) is 6.92 Å². The molecule has 2 aromatic rings. The first kappa shape index (κ1) is 8.81. The highest BCUT2D eigenvalue weighted by Gasteiger charge is 2.01. The van der Waals surface area contributed by atoms with E-state index in [9.17, 15) is 4.79 Å². The van der Waals surface area contributed by atoms with Crippen molar-refractivity contribution in [1.29, 1.82) is 0 Å². The van der Waals surface area contributed by atoms with Gasteiger partial charge < -0.3 is 4.52 Å². The molecule has 0 aliphatic carbocycles. The maximum absolute atomic E-state index is 10.9. The Morgan fingerprint density at radius 3 is 2.57 bits per heavy atom. The van der Waals surface area contributed by atoms with E-state index in [-0.39, 0.29) is 5.63 Å². The quantitative estimate of drug-likeness (QED) is 0.722. The van der Waals surface area contributed by atoms with E-state index in [4.69, 9.17) is 4.52 Å². The summed E-state index contributed by atoms with van der Waals surface area (Å²) in [6, 6.07) is 11.4. The normalized spacial score (nSPS) is 10.4. The Balaban J connectivity index is 2.27. The van der Waals surface area contributed by atoms with E-state index < -0.39 is 0 Å². The summed E-state index contributed by atoms with van der Waals surface area (Å²) in [5, 5.41) is 0. The molecule has 1 aromatic heterocycles. The highest BCUT2D eigenvalue weighted by atomic mass is 16.5. The van der Waals surface area contributed by atoms with Crippen molar-refractivity contribution in [2.24, 2.45) is 0 Å². The van der Waals surface area contributed by atoms with Gasteiger partial charge in [-0.15, -0.1) is 0 Å². The second-order valence-corrected chi connectivity index (χ2v) is 3.22. The summed E-state index contributed by atoms with van der Waals surface area (Å²) in [6.45, 7) is 2.46. The van der Waals surface area contributed by atoms with Crippen LogP contribution in [0.5, 0.6) is 0 Å². The standard InChI is InChI=1S/C11H11NO2/c1-9-7-11(13)14-12(9)8-10-5-3-2-4-6-10/h2-7H,8H2,1H3. The van der Waals surface area contributed by atoms with Crippen LogP contribution in [-0.2, 0) is 6.54 Å². The van der Waals surface area contributed by atoms with Gasteiger partial charge in [-0.1, -0.05) is 30.3 Å². The predicted octanol–water partition coefficient (Wildman–Crippen LogP) is 1.80. The molecule has 1 aromatic carbocycles. The van der Waals surface area contributed by atoms with Crippen molar-refractivity contribution in [3.8, 4) is 0 Å². The summed E-state index contributed by atoms with van der Waals surface area (Å²) in [4.78, 5) is 10.9. The van der Waals surface area contributed by atoms with Gasteiger partial charge in [0.25, 0.3) is 0 Å². The first-order chi connectivity index (χ1) is 6.75. The van der Waals surface area contributed by atoms with Gasteiger partial charge in [0.15, 0.2) is 0 Å². The molecule has 0 spiro atoms. The number of aromatic nitrogens is 1. The molecule has 0 unspecified atom stereocenters. The third kappa shape index (κ3) is 1.76. The summed E-state index contributed by atoms with van der Waals surface area (Å²) >= 11 is 0. The zero-order valence-electron chi connectivity index (χ0n) is 7.93. The van der Waals surface area contributed by atoms with Gasteiger partial charge in [0.2, 0.25) is 0 Å². The van der Waals surface area contributed by atoms with Crippen molar-refractivity contribution in [3.05, 3.63) is 58.1 Å². The molecule has 3 heteroatoms. The lowest BCUT2D eigenvalue weighted by atomic mass is 10.2. The molecule has 0 saturated carbocycles. The van der Waals surface area contributed by atoms with Gasteiger partial charge >= 0.3 is 5.63 Å². The van der Waals surface area contributed by atoms with Crippen LogP contribution < -0.4 is 5.63 Å². The Labute approximate surface area is 81.6 Å². The second kappa shape index (κ2) is 3.54. The van der Waals surface area contributed by atoms with Gasteiger partial charge in [0.1, 0.15) is 0 Å². The fourth-order valence-electron chi connectivity index (χ4n) is 1.36. The molecule has 0 radical (unpaired) electrons. The highest BCUT2D eigenvalue weighted by molar-refractivity contribution is 5.15. The molecule has 0 aliphatic heterocycles. The van der Waals surface area contributed by atoms with Crippen LogP contribution in [0.1, 0.15) is 11.3 Å².